The summed E-state index contributed by atoms with van der Waals surface area (Å²) in [5.74, 6) is 0.398. The molecule has 8 heteroatoms. The number of anilines is 3. The maximum atomic E-state index is 12.3. The fourth-order valence-electron chi connectivity index (χ4n) is 3.82. The minimum Gasteiger partial charge on any atom is -0.398 e. The normalized spacial score (nSPS) is 14.0. The van der Waals surface area contributed by atoms with Crippen molar-refractivity contribution in [2.45, 2.75) is 6.42 Å². The van der Waals surface area contributed by atoms with Gasteiger partial charge in [0.05, 0.1) is 19.6 Å². The van der Waals surface area contributed by atoms with Crippen LogP contribution < -0.4 is 21.3 Å². The van der Waals surface area contributed by atoms with Gasteiger partial charge in [0.25, 0.3) is 0 Å². The molecule has 1 heterocycles. The van der Waals surface area contributed by atoms with Crippen LogP contribution >= 0.6 is 11.6 Å². The zero-order chi connectivity index (χ0) is 26.0. The Morgan fingerprint density at radius 2 is 1.59 bits per heavy atom. The van der Waals surface area contributed by atoms with Crippen LogP contribution in [0.5, 0.6) is 0 Å². The summed E-state index contributed by atoms with van der Waals surface area (Å²) in [5.41, 5.74) is 11.2. The van der Waals surface area contributed by atoms with Crippen molar-refractivity contribution in [2.24, 2.45) is 10.7 Å². The first-order chi connectivity index (χ1) is 18.0. The molecule has 1 aliphatic rings. The van der Waals surface area contributed by atoms with Gasteiger partial charge in [0.15, 0.2) is 0 Å². The summed E-state index contributed by atoms with van der Waals surface area (Å²) in [6, 6.07) is 22.7. The number of nitrogens with zero attached hydrogens (tertiary/aromatic N) is 2. The number of allylic oxidation sites excluding steroid dienone is 1. The van der Waals surface area contributed by atoms with Crippen LogP contribution in [0, 0.1) is 0 Å². The summed E-state index contributed by atoms with van der Waals surface area (Å²) < 4.78 is 5.41. The largest absolute Gasteiger partial charge is 0.398 e. The Morgan fingerprint density at radius 3 is 2.27 bits per heavy atom. The summed E-state index contributed by atoms with van der Waals surface area (Å²) in [7, 11) is 0. The summed E-state index contributed by atoms with van der Waals surface area (Å²) in [5, 5.41) is 6.71. The Balaban J connectivity index is 1.25. The minimum atomic E-state index is -0.104. The van der Waals surface area contributed by atoms with Crippen LogP contribution in [0.15, 0.2) is 96.3 Å². The molecular formula is C29H30ClN5O2. The molecule has 0 aromatic heterocycles. The quantitative estimate of drug-likeness (QED) is 0.336. The summed E-state index contributed by atoms with van der Waals surface area (Å²) in [6.07, 6.45) is 3.59. The molecule has 0 saturated carbocycles. The molecule has 3 aromatic rings. The van der Waals surface area contributed by atoms with Crippen LogP contribution in [0.3, 0.4) is 0 Å². The van der Waals surface area contributed by atoms with Crippen LogP contribution in [0.4, 0.5) is 17.1 Å². The van der Waals surface area contributed by atoms with Crippen LogP contribution in [-0.4, -0.2) is 38.4 Å². The number of morpholine rings is 1. The number of rotatable bonds is 9. The lowest BCUT2D eigenvalue weighted by molar-refractivity contribution is -0.115. The molecule has 1 amide bonds. The second kappa shape index (κ2) is 12.8. The van der Waals surface area contributed by atoms with Gasteiger partial charge in [0.2, 0.25) is 5.91 Å². The van der Waals surface area contributed by atoms with Crippen molar-refractivity contribution in [2.75, 3.05) is 41.8 Å². The zero-order valence-electron chi connectivity index (χ0n) is 20.5. The van der Waals surface area contributed by atoms with Gasteiger partial charge in [-0.3, -0.25) is 4.79 Å². The number of benzene rings is 3. The van der Waals surface area contributed by atoms with Gasteiger partial charge in [-0.2, -0.15) is 0 Å². The number of nitrogens with one attached hydrogen (secondary N) is 2. The van der Waals surface area contributed by atoms with Gasteiger partial charge in [-0.1, -0.05) is 42.4 Å². The van der Waals surface area contributed by atoms with E-state index in [1.54, 1.807) is 24.4 Å². The minimum absolute atomic E-state index is 0.104. The molecule has 190 valence electrons. The number of halogens is 1. The summed E-state index contributed by atoms with van der Waals surface area (Å²) in [6.45, 7) is 7.27. The number of ether oxygens (including phenoxy) is 1. The van der Waals surface area contributed by atoms with Gasteiger partial charge >= 0.3 is 0 Å². The highest BCUT2D eigenvalue weighted by Gasteiger charge is 2.10. The van der Waals surface area contributed by atoms with E-state index in [1.165, 1.54) is 5.69 Å². The summed E-state index contributed by atoms with van der Waals surface area (Å²) in [4.78, 5) is 18.9. The second-order valence-corrected chi connectivity index (χ2v) is 8.98. The van der Waals surface area contributed by atoms with Crippen LogP contribution in [0.25, 0.3) is 5.70 Å². The number of hydrogen-bond acceptors (Lipinski definition) is 6. The third kappa shape index (κ3) is 7.96. The van der Waals surface area contributed by atoms with Gasteiger partial charge in [0, 0.05) is 47.1 Å². The van der Waals surface area contributed by atoms with E-state index in [4.69, 9.17) is 22.1 Å². The Morgan fingerprint density at radius 1 is 0.973 bits per heavy atom. The van der Waals surface area contributed by atoms with Gasteiger partial charge < -0.3 is 26.0 Å². The Kier molecular flexibility index (Phi) is 8.97. The molecule has 1 saturated heterocycles. The molecule has 0 spiro atoms. The molecule has 0 bridgehead atoms. The smallest absolute Gasteiger partial charge is 0.228 e. The topological polar surface area (TPSA) is 92.0 Å². The Bertz CT molecular complexity index is 1260. The number of amides is 1. The molecule has 1 fully saturated rings. The lowest BCUT2D eigenvalue weighted by Crippen LogP contribution is -2.36. The van der Waals surface area contributed by atoms with E-state index in [0.29, 0.717) is 22.2 Å². The van der Waals surface area contributed by atoms with E-state index < -0.39 is 0 Å². The van der Waals surface area contributed by atoms with Crippen molar-refractivity contribution in [3.8, 4) is 0 Å². The maximum Gasteiger partial charge on any atom is 0.228 e. The van der Waals surface area contributed by atoms with E-state index in [1.807, 2.05) is 48.5 Å². The second-order valence-electron chi connectivity index (χ2n) is 8.55. The molecule has 0 radical (unpaired) electrons. The van der Waals surface area contributed by atoms with Crippen LogP contribution in [-0.2, 0) is 16.0 Å². The van der Waals surface area contributed by atoms with Crippen molar-refractivity contribution in [1.82, 2.24) is 0 Å². The molecular weight excluding hydrogens is 486 g/mol. The molecule has 7 nitrogen and oxygen atoms in total. The summed E-state index contributed by atoms with van der Waals surface area (Å²) >= 11 is 5.89. The van der Waals surface area contributed by atoms with Crippen molar-refractivity contribution >= 4 is 46.5 Å². The molecule has 4 N–H and O–H groups in total. The highest BCUT2D eigenvalue weighted by Crippen LogP contribution is 2.20. The lowest BCUT2D eigenvalue weighted by Gasteiger charge is -2.28. The molecule has 0 unspecified atom stereocenters. The maximum absolute atomic E-state index is 12.3. The molecule has 0 atom stereocenters. The highest BCUT2D eigenvalue weighted by molar-refractivity contribution is 6.30. The van der Waals surface area contributed by atoms with Gasteiger partial charge in [-0.05, 0) is 65.7 Å². The molecule has 3 aromatic carbocycles. The predicted octanol–water partition coefficient (Wildman–Crippen LogP) is 5.31. The number of nitrogens with two attached hydrogens (primary N) is 1. The highest BCUT2D eigenvalue weighted by atomic mass is 35.5. The van der Waals surface area contributed by atoms with Crippen molar-refractivity contribution in [3.63, 3.8) is 0 Å². The van der Waals surface area contributed by atoms with E-state index >= 15 is 0 Å². The van der Waals surface area contributed by atoms with Crippen molar-refractivity contribution < 1.29 is 9.53 Å². The first-order valence-electron chi connectivity index (χ1n) is 12.0. The van der Waals surface area contributed by atoms with E-state index in [9.17, 15) is 4.79 Å². The van der Waals surface area contributed by atoms with E-state index in [2.05, 4.69) is 39.2 Å². The third-order valence-corrected chi connectivity index (χ3v) is 6.05. The average molecular weight is 516 g/mol. The first kappa shape index (κ1) is 26.0. The van der Waals surface area contributed by atoms with Gasteiger partial charge in [-0.25, -0.2) is 4.99 Å². The van der Waals surface area contributed by atoms with E-state index in [-0.39, 0.29) is 12.3 Å². The zero-order valence-corrected chi connectivity index (χ0v) is 21.2. The third-order valence-electron chi connectivity index (χ3n) is 5.80. The van der Waals surface area contributed by atoms with Gasteiger partial charge in [-0.15, -0.1) is 0 Å². The van der Waals surface area contributed by atoms with Crippen LogP contribution in [0.2, 0.25) is 5.02 Å². The fraction of sp³-hybridized carbons (Fsp3) is 0.172. The number of hydrogen-bond donors (Lipinski definition) is 3. The van der Waals surface area contributed by atoms with Gasteiger partial charge in [0.1, 0.15) is 5.82 Å². The molecule has 37 heavy (non-hydrogen) atoms. The number of aliphatic imine (C=N–C) groups is 1. The van der Waals surface area contributed by atoms with Crippen molar-refractivity contribution in [3.05, 3.63) is 107 Å². The average Bonchev–Trinajstić information content (AvgIpc) is 2.91. The monoisotopic (exact) mass is 515 g/mol. The number of carbonyl (C=O) groups is 1. The molecule has 0 aliphatic carbocycles. The fourth-order valence-corrected chi connectivity index (χ4v) is 3.94. The standard InChI is InChI=1S/C29H30ClN5O2/c1-21(33-25-10-12-27(13-11-25)35-16-18-37-19-17-35)32-15-14-28(31)23-4-8-26(9-5-23)34-29(36)20-22-2-6-24(30)7-3-22/h2-15,33H,1,16-20,31H2,(H,34,36)/b28-14-,32-15?. The van der Waals surface area contributed by atoms with Crippen LogP contribution in [0.1, 0.15) is 11.1 Å². The molecule has 4 rings (SSSR count). The lowest BCUT2D eigenvalue weighted by atomic mass is 10.1. The molecule has 1 aliphatic heterocycles. The Labute approximate surface area is 222 Å². The SMILES string of the molecule is C=C(N=C/C=C(\N)c1ccc(NC(=O)Cc2ccc(Cl)cc2)cc1)Nc1ccc(N2CCOCC2)cc1. The Hall–Kier alpha value is -4.07. The number of carbonyl (C=O) groups excluding carboxylic acids is 1. The van der Waals surface area contributed by atoms with E-state index in [0.717, 1.165) is 43.1 Å². The van der Waals surface area contributed by atoms with Crippen molar-refractivity contribution in [1.29, 1.82) is 0 Å². The predicted molar refractivity (Wildman–Crippen MR) is 153 cm³/mol. The first-order valence-corrected chi connectivity index (χ1v) is 12.4.